The van der Waals surface area contributed by atoms with E-state index in [1.54, 1.807) is 0 Å². The average Bonchev–Trinajstić information content (AvgIpc) is 3.19. The molecule has 1 saturated heterocycles. The summed E-state index contributed by atoms with van der Waals surface area (Å²) in [7, 11) is 0. The fraction of sp³-hybridized carbons (Fsp3) is 0.375. The van der Waals surface area contributed by atoms with Crippen molar-refractivity contribution >= 4 is 17.5 Å². The number of β-amino-alcohol motifs (C(OH)–C–C–N with tert-alkyl or cyclic N) is 1. The standard InChI is InChI=1S/C16H16ClF3N4O2/c17-10-1-3-11(4-2-10)24-14(16(18,19)20)12(7-23-24)15(26)22-6-9-5-21-8-13(9)25/h1-4,7,9,13,21,25H,5-6,8H2,(H,22,26). The molecule has 2 unspecified atom stereocenters. The first-order valence-corrected chi connectivity index (χ1v) is 8.23. The minimum atomic E-state index is -4.78. The smallest absolute Gasteiger partial charge is 0.391 e. The number of carbonyl (C=O) groups excluding carboxylic acids is 1. The maximum Gasteiger partial charge on any atom is 0.434 e. The zero-order chi connectivity index (χ0) is 18.9. The molecule has 1 aliphatic rings. The number of aliphatic hydroxyl groups excluding tert-OH is 1. The predicted octanol–water partition coefficient (Wildman–Crippen LogP) is 1.85. The molecule has 6 nitrogen and oxygen atoms in total. The summed E-state index contributed by atoms with van der Waals surface area (Å²) in [6.45, 7) is 0.941. The van der Waals surface area contributed by atoms with E-state index < -0.39 is 29.4 Å². The van der Waals surface area contributed by atoms with Gasteiger partial charge in [0.25, 0.3) is 5.91 Å². The van der Waals surface area contributed by atoms with Crippen LogP contribution in [0.4, 0.5) is 13.2 Å². The third-order valence-corrected chi connectivity index (χ3v) is 4.43. The number of nitrogens with one attached hydrogen (secondary N) is 2. The second kappa shape index (κ2) is 7.26. The number of amides is 1. The lowest BCUT2D eigenvalue weighted by molar-refractivity contribution is -0.143. The summed E-state index contributed by atoms with van der Waals surface area (Å²) in [6.07, 6.45) is -4.54. The first-order chi connectivity index (χ1) is 12.3. The molecule has 1 amide bonds. The lowest BCUT2D eigenvalue weighted by Crippen LogP contribution is -2.35. The maximum atomic E-state index is 13.6. The van der Waals surface area contributed by atoms with Crippen LogP contribution in [0.15, 0.2) is 30.5 Å². The Hall–Kier alpha value is -2.10. The van der Waals surface area contributed by atoms with Crippen LogP contribution >= 0.6 is 11.6 Å². The molecule has 26 heavy (non-hydrogen) atoms. The number of hydrogen-bond acceptors (Lipinski definition) is 4. The number of hydrogen-bond donors (Lipinski definition) is 3. The van der Waals surface area contributed by atoms with Crippen LogP contribution in [0.2, 0.25) is 5.02 Å². The average molecular weight is 389 g/mol. The van der Waals surface area contributed by atoms with Crippen LogP contribution in [0.3, 0.4) is 0 Å². The van der Waals surface area contributed by atoms with Gasteiger partial charge in [0, 0.05) is 30.6 Å². The van der Waals surface area contributed by atoms with Crippen molar-refractivity contribution in [1.29, 1.82) is 0 Å². The third-order valence-electron chi connectivity index (χ3n) is 4.18. The molecule has 0 radical (unpaired) electrons. The van der Waals surface area contributed by atoms with Gasteiger partial charge in [-0.15, -0.1) is 0 Å². The van der Waals surface area contributed by atoms with Gasteiger partial charge in [-0.3, -0.25) is 4.79 Å². The lowest BCUT2D eigenvalue weighted by atomic mass is 10.1. The van der Waals surface area contributed by atoms with Crippen molar-refractivity contribution in [3.63, 3.8) is 0 Å². The summed E-state index contributed by atoms with van der Waals surface area (Å²) in [5.41, 5.74) is -1.61. The highest BCUT2D eigenvalue weighted by molar-refractivity contribution is 6.30. The minimum Gasteiger partial charge on any atom is -0.391 e. The third kappa shape index (κ3) is 3.84. The summed E-state index contributed by atoms with van der Waals surface area (Å²) in [5, 5.41) is 19.2. The van der Waals surface area contributed by atoms with Gasteiger partial charge in [-0.1, -0.05) is 11.6 Å². The van der Waals surface area contributed by atoms with E-state index in [9.17, 15) is 23.1 Å². The van der Waals surface area contributed by atoms with Gasteiger partial charge in [-0.05, 0) is 24.3 Å². The lowest BCUT2D eigenvalue weighted by Gasteiger charge is -2.15. The summed E-state index contributed by atoms with van der Waals surface area (Å²) in [5.74, 6) is -1.14. The molecule has 2 heterocycles. The molecule has 0 aliphatic carbocycles. The number of nitrogens with zero attached hydrogens (tertiary/aromatic N) is 2. The van der Waals surface area contributed by atoms with Crippen molar-refractivity contribution < 1.29 is 23.1 Å². The van der Waals surface area contributed by atoms with Gasteiger partial charge in [0.1, 0.15) is 0 Å². The Balaban J connectivity index is 1.87. The second-order valence-electron chi connectivity index (χ2n) is 5.99. The van der Waals surface area contributed by atoms with Gasteiger partial charge < -0.3 is 15.7 Å². The molecule has 3 rings (SSSR count). The van der Waals surface area contributed by atoms with Crippen molar-refractivity contribution in [2.45, 2.75) is 12.3 Å². The number of alkyl halides is 3. The molecule has 1 aromatic carbocycles. The Morgan fingerprint density at radius 3 is 2.62 bits per heavy atom. The van der Waals surface area contributed by atoms with Crippen molar-refractivity contribution in [3.8, 4) is 5.69 Å². The molecule has 3 N–H and O–H groups in total. The maximum absolute atomic E-state index is 13.6. The molecule has 1 fully saturated rings. The van der Waals surface area contributed by atoms with Gasteiger partial charge in [-0.25, -0.2) is 4.68 Å². The monoisotopic (exact) mass is 388 g/mol. The zero-order valence-corrected chi connectivity index (χ0v) is 14.2. The highest BCUT2D eigenvalue weighted by Crippen LogP contribution is 2.33. The molecule has 0 saturated carbocycles. The van der Waals surface area contributed by atoms with Crippen LogP contribution in [-0.2, 0) is 6.18 Å². The fourth-order valence-electron chi connectivity index (χ4n) is 2.81. The highest BCUT2D eigenvalue weighted by Gasteiger charge is 2.40. The topological polar surface area (TPSA) is 79.2 Å². The number of rotatable bonds is 4. The summed E-state index contributed by atoms with van der Waals surface area (Å²) >= 11 is 5.76. The number of aliphatic hydroxyl groups is 1. The molecule has 2 aromatic rings. The molecule has 0 spiro atoms. The normalized spacial score (nSPS) is 20.3. The van der Waals surface area contributed by atoms with E-state index in [2.05, 4.69) is 15.7 Å². The Morgan fingerprint density at radius 2 is 2.04 bits per heavy atom. The molecule has 1 aliphatic heterocycles. The molecule has 10 heteroatoms. The highest BCUT2D eigenvalue weighted by atomic mass is 35.5. The molecular weight excluding hydrogens is 373 g/mol. The molecule has 1 aromatic heterocycles. The van der Waals surface area contributed by atoms with E-state index in [1.807, 2.05) is 0 Å². The Morgan fingerprint density at radius 1 is 1.35 bits per heavy atom. The van der Waals surface area contributed by atoms with E-state index in [0.717, 1.165) is 6.20 Å². The molecule has 0 bridgehead atoms. The number of benzene rings is 1. The molecule has 140 valence electrons. The molecule has 2 atom stereocenters. The largest absolute Gasteiger partial charge is 0.434 e. The van der Waals surface area contributed by atoms with Gasteiger partial charge in [0.2, 0.25) is 0 Å². The van der Waals surface area contributed by atoms with Crippen LogP contribution in [0.1, 0.15) is 16.1 Å². The first kappa shape index (κ1) is 18.7. The summed E-state index contributed by atoms with van der Waals surface area (Å²) < 4.78 is 41.3. The fourth-order valence-corrected chi connectivity index (χ4v) is 2.94. The SMILES string of the molecule is O=C(NCC1CNCC1O)c1cnn(-c2ccc(Cl)cc2)c1C(F)(F)F. The van der Waals surface area contributed by atoms with Crippen molar-refractivity contribution in [2.24, 2.45) is 5.92 Å². The van der Waals surface area contributed by atoms with E-state index in [1.165, 1.54) is 24.3 Å². The van der Waals surface area contributed by atoms with E-state index in [-0.39, 0.29) is 18.2 Å². The molecular formula is C16H16ClF3N4O2. The van der Waals surface area contributed by atoms with Gasteiger partial charge in [0.05, 0.1) is 23.6 Å². The predicted molar refractivity (Wildman–Crippen MR) is 88.3 cm³/mol. The van der Waals surface area contributed by atoms with Crippen molar-refractivity contribution in [3.05, 3.63) is 46.7 Å². The van der Waals surface area contributed by atoms with E-state index >= 15 is 0 Å². The second-order valence-corrected chi connectivity index (χ2v) is 6.42. The van der Waals surface area contributed by atoms with Gasteiger partial charge in [0.15, 0.2) is 5.69 Å². The Labute approximate surface area is 151 Å². The van der Waals surface area contributed by atoms with Gasteiger partial charge in [-0.2, -0.15) is 18.3 Å². The Kier molecular flexibility index (Phi) is 5.22. The number of carbonyl (C=O) groups is 1. The number of aromatic nitrogens is 2. The van der Waals surface area contributed by atoms with Gasteiger partial charge >= 0.3 is 6.18 Å². The van der Waals surface area contributed by atoms with Crippen LogP contribution in [0, 0.1) is 5.92 Å². The van der Waals surface area contributed by atoms with Crippen molar-refractivity contribution in [1.82, 2.24) is 20.4 Å². The van der Waals surface area contributed by atoms with E-state index in [0.29, 0.717) is 22.8 Å². The quantitative estimate of drug-likeness (QED) is 0.747. The Bertz CT molecular complexity index is 792. The summed E-state index contributed by atoms with van der Waals surface area (Å²) in [4.78, 5) is 12.3. The zero-order valence-electron chi connectivity index (χ0n) is 13.4. The van der Waals surface area contributed by atoms with Crippen LogP contribution in [-0.4, -0.2) is 46.5 Å². The number of halogens is 4. The van der Waals surface area contributed by atoms with Crippen LogP contribution in [0.5, 0.6) is 0 Å². The minimum absolute atomic E-state index is 0.0659. The van der Waals surface area contributed by atoms with Crippen LogP contribution in [0.25, 0.3) is 5.69 Å². The van der Waals surface area contributed by atoms with Crippen molar-refractivity contribution in [2.75, 3.05) is 19.6 Å². The van der Waals surface area contributed by atoms with Crippen LogP contribution < -0.4 is 10.6 Å². The van der Waals surface area contributed by atoms with E-state index in [4.69, 9.17) is 11.6 Å². The summed E-state index contributed by atoms with van der Waals surface area (Å²) in [6, 6.07) is 5.64. The first-order valence-electron chi connectivity index (χ1n) is 7.85.